The van der Waals surface area contributed by atoms with E-state index in [1.165, 1.54) is 11.3 Å². The van der Waals surface area contributed by atoms with Crippen molar-refractivity contribution < 1.29 is 4.79 Å². The summed E-state index contributed by atoms with van der Waals surface area (Å²) < 4.78 is 0. The van der Waals surface area contributed by atoms with Gasteiger partial charge in [0.1, 0.15) is 10.7 Å². The van der Waals surface area contributed by atoms with Crippen LogP contribution in [-0.2, 0) is 0 Å². The third-order valence-corrected chi connectivity index (χ3v) is 4.36. The van der Waals surface area contributed by atoms with Crippen LogP contribution in [0.15, 0.2) is 22.9 Å². The lowest BCUT2D eigenvalue weighted by atomic mass is 10.2. The summed E-state index contributed by atoms with van der Waals surface area (Å²) in [6.45, 7) is 3.15. The second-order valence-corrected chi connectivity index (χ2v) is 5.87. The fraction of sp³-hybridized carbons (Fsp3) is 0.333. The minimum Gasteiger partial charge on any atom is -0.350 e. The Balaban J connectivity index is 1.99. The molecule has 0 aliphatic heterocycles. The van der Waals surface area contributed by atoms with E-state index in [-0.39, 0.29) is 11.8 Å². The lowest BCUT2D eigenvalue weighted by molar-refractivity contribution is 0.0944. The van der Waals surface area contributed by atoms with E-state index < -0.39 is 0 Å². The highest BCUT2D eigenvalue weighted by Gasteiger charge is 2.12. The molecule has 0 spiro atoms. The Labute approximate surface area is 114 Å². The van der Waals surface area contributed by atoms with Crippen molar-refractivity contribution in [3.8, 4) is 9.88 Å². The van der Waals surface area contributed by atoms with Gasteiger partial charge in [0, 0.05) is 11.9 Å². The van der Waals surface area contributed by atoms with Crippen LogP contribution in [0.5, 0.6) is 0 Å². The highest BCUT2D eigenvalue weighted by atomic mass is 32.1. The maximum atomic E-state index is 11.8. The second kappa shape index (κ2) is 6.08. The zero-order chi connectivity index (χ0) is 13.0. The van der Waals surface area contributed by atoms with Crippen LogP contribution in [0.2, 0.25) is 0 Å². The summed E-state index contributed by atoms with van der Waals surface area (Å²) in [5.41, 5.74) is 5.98. The highest BCUT2D eigenvalue weighted by Crippen LogP contribution is 2.27. The molecule has 96 valence electrons. The maximum absolute atomic E-state index is 11.8. The average Bonchev–Trinajstić information content (AvgIpc) is 3.04. The molecule has 2 rings (SSSR count). The molecule has 0 radical (unpaired) electrons. The van der Waals surface area contributed by atoms with Crippen LogP contribution in [-0.4, -0.2) is 24.0 Å². The van der Waals surface area contributed by atoms with Gasteiger partial charge in [-0.25, -0.2) is 4.98 Å². The summed E-state index contributed by atoms with van der Waals surface area (Å²) in [6.07, 6.45) is 0. The SMILES string of the molecule is CC(CN)CNC(=O)c1csc(-c2cccs2)n1. The average molecular weight is 281 g/mol. The Morgan fingerprint density at radius 2 is 2.39 bits per heavy atom. The summed E-state index contributed by atoms with van der Waals surface area (Å²) in [4.78, 5) is 17.3. The molecule has 0 aliphatic rings. The molecule has 2 heterocycles. The predicted octanol–water partition coefficient (Wildman–Crippen LogP) is 2.20. The molecular weight excluding hydrogens is 266 g/mol. The normalized spacial score (nSPS) is 12.3. The maximum Gasteiger partial charge on any atom is 0.270 e. The van der Waals surface area contributed by atoms with E-state index in [9.17, 15) is 4.79 Å². The number of hydrogen-bond donors (Lipinski definition) is 2. The van der Waals surface area contributed by atoms with Crippen LogP contribution >= 0.6 is 22.7 Å². The van der Waals surface area contributed by atoms with Gasteiger partial charge in [0.2, 0.25) is 0 Å². The number of nitrogens with zero attached hydrogens (tertiary/aromatic N) is 1. The molecule has 1 atom stereocenters. The van der Waals surface area contributed by atoms with Gasteiger partial charge in [-0.3, -0.25) is 4.79 Å². The molecule has 0 aliphatic carbocycles. The van der Waals surface area contributed by atoms with E-state index in [0.29, 0.717) is 18.8 Å². The third-order valence-electron chi connectivity index (χ3n) is 2.48. The minimum atomic E-state index is -0.130. The highest BCUT2D eigenvalue weighted by molar-refractivity contribution is 7.20. The quantitative estimate of drug-likeness (QED) is 0.883. The first-order valence-electron chi connectivity index (χ1n) is 5.68. The van der Waals surface area contributed by atoms with Crippen molar-refractivity contribution in [2.24, 2.45) is 11.7 Å². The molecule has 3 N–H and O–H groups in total. The number of thiazole rings is 1. The summed E-state index contributed by atoms with van der Waals surface area (Å²) in [7, 11) is 0. The first-order chi connectivity index (χ1) is 8.70. The van der Waals surface area contributed by atoms with Crippen molar-refractivity contribution in [3.63, 3.8) is 0 Å². The largest absolute Gasteiger partial charge is 0.350 e. The van der Waals surface area contributed by atoms with Gasteiger partial charge >= 0.3 is 0 Å². The first-order valence-corrected chi connectivity index (χ1v) is 7.44. The van der Waals surface area contributed by atoms with Crippen molar-refractivity contribution in [2.75, 3.05) is 13.1 Å². The van der Waals surface area contributed by atoms with Crippen LogP contribution in [0.3, 0.4) is 0 Å². The van der Waals surface area contributed by atoms with E-state index in [0.717, 1.165) is 9.88 Å². The number of carbonyl (C=O) groups excluding carboxylic acids is 1. The number of nitrogens with two attached hydrogens (primary N) is 1. The molecule has 0 bridgehead atoms. The fourth-order valence-corrected chi connectivity index (χ4v) is 2.95. The molecule has 1 unspecified atom stereocenters. The zero-order valence-electron chi connectivity index (χ0n) is 10.1. The van der Waals surface area contributed by atoms with Crippen LogP contribution in [0.1, 0.15) is 17.4 Å². The number of carbonyl (C=O) groups is 1. The summed E-state index contributed by atoms with van der Waals surface area (Å²) in [5.74, 6) is 0.152. The van der Waals surface area contributed by atoms with Crippen LogP contribution < -0.4 is 11.1 Å². The number of hydrogen-bond acceptors (Lipinski definition) is 5. The molecule has 0 saturated heterocycles. The summed E-state index contributed by atoms with van der Waals surface area (Å²) in [6, 6.07) is 3.98. The topological polar surface area (TPSA) is 68.0 Å². The lowest BCUT2D eigenvalue weighted by Crippen LogP contribution is -2.31. The van der Waals surface area contributed by atoms with Crippen LogP contribution in [0, 0.1) is 5.92 Å². The number of aromatic nitrogens is 1. The van der Waals surface area contributed by atoms with Gasteiger partial charge in [0.05, 0.1) is 4.88 Å². The fourth-order valence-electron chi connectivity index (χ4n) is 1.33. The van der Waals surface area contributed by atoms with Crippen molar-refractivity contribution in [1.82, 2.24) is 10.3 Å². The summed E-state index contributed by atoms with van der Waals surface area (Å²) in [5, 5.41) is 7.52. The van der Waals surface area contributed by atoms with Gasteiger partial charge < -0.3 is 11.1 Å². The van der Waals surface area contributed by atoms with Crippen LogP contribution in [0.25, 0.3) is 9.88 Å². The van der Waals surface area contributed by atoms with E-state index in [1.54, 1.807) is 16.7 Å². The standard InChI is InChI=1S/C12H15N3OS2/c1-8(5-13)6-14-11(16)9-7-18-12(15-9)10-3-2-4-17-10/h2-4,7-8H,5-6,13H2,1H3,(H,14,16). The Hall–Kier alpha value is -1.24. The van der Waals surface area contributed by atoms with Gasteiger partial charge in [0.25, 0.3) is 5.91 Å². The minimum absolute atomic E-state index is 0.130. The van der Waals surface area contributed by atoms with E-state index in [2.05, 4.69) is 10.3 Å². The first kappa shape index (κ1) is 13.2. The number of rotatable bonds is 5. The van der Waals surface area contributed by atoms with Crippen molar-refractivity contribution in [3.05, 3.63) is 28.6 Å². The molecule has 0 saturated carbocycles. The molecule has 18 heavy (non-hydrogen) atoms. The Kier molecular flexibility index (Phi) is 4.46. The van der Waals surface area contributed by atoms with Gasteiger partial charge in [0.15, 0.2) is 0 Å². The van der Waals surface area contributed by atoms with E-state index >= 15 is 0 Å². The molecule has 6 heteroatoms. The molecule has 1 amide bonds. The summed E-state index contributed by atoms with van der Waals surface area (Å²) >= 11 is 3.11. The molecule has 4 nitrogen and oxygen atoms in total. The second-order valence-electron chi connectivity index (χ2n) is 4.07. The van der Waals surface area contributed by atoms with Crippen LogP contribution in [0.4, 0.5) is 0 Å². The lowest BCUT2D eigenvalue weighted by Gasteiger charge is -2.08. The van der Waals surface area contributed by atoms with Gasteiger partial charge in [-0.05, 0) is 23.9 Å². The number of amides is 1. The van der Waals surface area contributed by atoms with E-state index in [1.807, 2.05) is 24.4 Å². The Bertz CT molecular complexity index is 507. The number of thiophene rings is 1. The van der Waals surface area contributed by atoms with Gasteiger partial charge in [-0.1, -0.05) is 13.0 Å². The van der Waals surface area contributed by atoms with Crippen molar-refractivity contribution in [2.45, 2.75) is 6.92 Å². The molecule has 2 aromatic rings. The third kappa shape index (κ3) is 3.16. The zero-order valence-corrected chi connectivity index (χ0v) is 11.7. The van der Waals surface area contributed by atoms with Crippen molar-refractivity contribution >= 4 is 28.6 Å². The molecular formula is C12H15N3OS2. The molecule has 0 fully saturated rings. The predicted molar refractivity (Wildman–Crippen MR) is 76.0 cm³/mol. The van der Waals surface area contributed by atoms with Gasteiger partial charge in [-0.2, -0.15) is 0 Å². The monoisotopic (exact) mass is 281 g/mol. The Morgan fingerprint density at radius 3 is 3.06 bits per heavy atom. The number of nitrogens with one attached hydrogen (secondary N) is 1. The smallest absolute Gasteiger partial charge is 0.270 e. The molecule has 0 aromatic carbocycles. The van der Waals surface area contributed by atoms with Gasteiger partial charge in [-0.15, -0.1) is 22.7 Å². The van der Waals surface area contributed by atoms with Crippen molar-refractivity contribution in [1.29, 1.82) is 0 Å². The molecule has 2 aromatic heterocycles. The Morgan fingerprint density at radius 1 is 1.56 bits per heavy atom. The van der Waals surface area contributed by atoms with E-state index in [4.69, 9.17) is 5.73 Å².